The maximum Gasteiger partial charge on any atom is 0.407 e. The zero-order valence-corrected chi connectivity index (χ0v) is 14.5. The second-order valence-electron chi connectivity index (χ2n) is 6.95. The summed E-state index contributed by atoms with van der Waals surface area (Å²) in [5.41, 5.74) is -0.104. The van der Waals surface area contributed by atoms with Crippen LogP contribution >= 0.6 is 11.6 Å². The molecular formula is C17H24ClFN2O2. The van der Waals surface area contributed by atoms with Gasteiger partial charge >= 0.3 is 6.09 Å². The van der Waals surface area contributed by atoms with E-state index in [1.807, 2.05) is 20.8 Å². The third-order valence-corrected chi connectivity index (χ3v) is 4.07. The standard InChI is InChI=1S/C17H24ClFN2O2/c1-17(2,3)23-16(22)20-10-11-5-4-6-14(11)21-15-9-12(18)7-8-13(15)19/h7-9,11,14,21H,4-6,10H2,1-3H3,(H,20,22). The molecule has 0 spiro atoms. The van der Waals surface area contributed by atoms with Crippen LogP contribution in [0.15, 0.2) is 18.2 Å². The number of carbonyl (C=O) groups is 1. The van der Waals surface area contributed by atoms with E-state index < -0.39 is 11.7 Å². The van der Waals surface area contributed by atoms with Crippen molar-refractivity contribution in [2.45, 2.75) is 51.7 Å². The summed E-state index contributed by atoms with van der Waals surface area (Å²) < 4.78 is 19.1. The summed E-state index contributed by atoms with van der Waals surface area (Å²) in [6, 6.07) is 4.58. The summed E-state index contributed by atoms with van der Waals surface area (Å²) in [7, 11) is 0. The first-order valence-corrected chi connectivity index (χ1v) is 8.31. The highest BCUT2D eigenvalue weighted by Gasteiger charge is 2.28. The van der Waals surface area contributed by atoms with Crippen LogP contribution < -0.4 is 10.6 Å². The summed E-state index contributed by atoms with van der Waals surface area (Å²) in [5.74, 6) is -0.0824. The lowest BCUT2D eigenvalue weighted by Crippen LogP contribution is -2.38. The van der Waals surface area contributed by atoms with Gasteiger partial charge in [0.2, 0.25) is 0 Å². The summed E-state index contributed by atoms with van der Waals surface area (Å²) in [6.45, 7) is 5.99. The van der Waals surface area contributed by atoms with E-state index in [-0.39, 0.29) is 17.8 Å². The molecule has 1 aliphatic carbocycles. The lowest BCUT2D eigenvalue weighted by molar-refractivity contribution is 0.0519. The lowest BCUT2D eigenvalue weighted by Gasteiger charge is -2.24. The van der Waals surface area contributed by atoms with E-state index in [1.165, 1.54) is 12.1 Å². The maximum atomic E-state index is 13.8. The molecule has 0 radical (unpaired) electrons. The molecule has 1 aromatic carbocycles. The highest BCUT2D eigenvalue weighted by Crippen LogP contribution is 2.30. The van der Waals surface area contributed by atoms with Crippen LogP contribution in [0.4, 0.5) is 14.9 Å². The monoisotopic (exact) mass is 342 g/mol. The molecule has 0 aromatic heterocycles. The molecule has 0 aliphatic heterocycles. The van der Waals surface area contributed by atoms with Gasteiger partial charge in [-0.05, 0) is 57.7 Å². The Balaban J connectivity index is 1.90. The number of ether oxygens (including phenoxy) is 1. The molecule has 1 amide bonds. The van der Waals surface area contributed by atoms with Gasteiger partial charge in [0.05, 0.1) is 5.69 Å². The average Bonchev–Trinajstić information content (AvgIpc) is 2.86. The van der Waals surface area contributed by atoms with E-state index in [4.69, 9.17) is 16.3 Å². The molecule has 2 rings (SSSR count). The fourth-order valence-electron chi connectivity index (χ4n) is 2.81. The number of amides is 1. The first-order valence-electron chi connectivity index (χ1n) is 7.93. The molecule has 2 unspecified atom stereocenters. The van der Waals surface area contributed by atoms with E-state index in [0.29, 0.717) is 17.3 Å². The van der Waals surface area contributed by atoms with Crippen molar-refractivity contribution in [3.63, 3.8) is 0 Å². The molecule has 1 fully saturated rings. The van der Waals surface area contributed by atoms with Gasteiger partial charge in [0.25, 0.3) is 0 Å². The van der Waals surface area contributed by atoms with Crippen molar-refractivity contribution in [2.24, 2.45) is 5.92 Å². The van der Waals surface area contributed by atoms with Crippen LogP contribution in [-0.4, -0.2) is 24.3 Å². The summed E-state index contributed by atoms with van der Waals surface area (Å²) in [4.78, 5) is 11.7. The molecule has 6 heteroatoms. The predicted octanol–water partition coefficient (Wildman–Crippen LogP) is 4.58. The molecule has 4 nitrogen and oxygen atoms in total. The molecule has 1 aromatic rings. The second-order valence-corrected chi connectivity index (χ2v) is 7.39. The van der Waals surface area contributed by atoms with Gasteiger partial charge in [-0.15, -0.1) is 0 Å². The Labute approximate surface area is 141 Å². The van der Waals surface area contributed by atoms with Crippen molar-refractivity contribution < 1.29 is 13.9 Å². The Bertz CT molecular complexity index is 560. The fraction of sp³-hybridized carbons (Fsp3) is 0.588. The number of rotatable bonds is 4. The topological polar surface area (TPSA) is 50.4 Å². The van der Waals surface area contributed by atoms with Gasteiger partial charge in [-0.1, -0.05) is 18.0 Å². The minimum atomic E-state index is -0.513. The second kappa shape index (κ2) is 7.39. The molecule has 2 atom stereocenters. The van der Waals surface area contributed by atoms with Crippen LogP contribution in [0, 0.1) is 11.7 Å². The van der Waals surface area contributed by atoms with Crippen molar-refractivity contribution in [3.05, 3.63) is 29.0 Å². The predicted molar refractivity (Wildman–Crippen MR) is 90.4 cm³/mol. The molecule has 0 bridgehead atoms. The summed E-state index contributed by atoms with van der Waals surface area (Å²) in [6.07, 6.45) is 2.54. The Morgan fingerprint density at radius 1 is 1.39 bits per heavy atom. The quantitative estimate of drug-likeness (QED) is 0.841. The number of carbonyl (C=O) groups excluding carboxylic acids is 1. The van der Waals surface area contributed by atoms with Gasteiger partial charge in [0.1, 0.15) is 11.4 Å². The van der Waals surface area contributed by atoms with Crippen molar-refractivity contribution in [2.75, 3.05) is 11.9 Å². The first-order chi connectivity index (χ1) is 10.7. The maximum absolute atomic E-state index is 13.8. The summed E-state index contributed by atoms with van der Waals surface area (Å²) in [5, 5.41) is 6.52. The van der Waals surface area contributed by atoms with Crippen molar-refractivity contribution in [1.29, 1.82) is 0 Å². The number of alkyl carbamates (subject to hydrolysis) is 1. The van der Waals surface area contributed by atoms with E-state index >= 15 is 0 Å². The van der Waals surface area contributed by atoms with Gasteiger partial charge < -0.3 is 15.4 Å². The Kier molecular flexibility index (Phi) is 5.74. The van der Waals surface area contributed by atoms with Gasteiger partial charge in [0, 0.05) is 17.6 Å². The van der Waals surface area contributed by atoms with Crippen LogP contribution in [0.2, 0.25) is 5.02 Å². The van der Waals surface area contributed by atoms with Crippen molar-refractivity contribution >= 4 is 23.4 Å². The number of benzene rings is 1. The Morgan fingerprint density at radius 3 is 2.83 bits per heavy atom. The van der Waals surface area contributed by atoms with Crippen LogP contribution in [0.5, 0.6) is 0 Å². The number of anilines is 1. The van der Waals surface area contributed by atoms with E-state index in [0.717, 1.165) is 19.3 Å². The fourth-order valence-corrected chi connectivity index (χ4v) is 2.98. The van der Waals surface area contributed by atoms with Crippen LogP contribution in [0.3, 0.4) is 0 Å². The number of hydrogen-bond acceptors (Lipinski definition) is 3. The first kappa shape index (κ1) is 17.9. The highest BCUT2D eigenvalue weighted by atomic mass is 35.5. The molecule has 0 saturated heterocycles. The molecule has 128 valence electrons. The molecule has 1 saturated carbocycles. The number of hydrogen-bond donors (Lipinski definition) is 2. The normalized spacial score (nSPS) is 21.1. The average molecular weight is 343 g/mol. The Hall–Kier alpha value is -1.49. The van der Waals surface area contributed by atoms with Gasteiger partial charge in [-0.2, -0.15) is 0 Å². The van der Waals surface area contributed by atoms with Gasteiger partial charge in [-0.25, -0.2) is 9.18 Å². The van der Waals surface area contributed by atoms with Gasteiger partial charge in [-0.3, -0.25) is 0 Å². The third kappa shape index (κ3) is 5.57. The van der Waals surface area contributed by atoms with E-state index in [2.05, 4.69) is 10.6 Å². The molecular weight excluding hydrogens is 319 g/mol. The minimum absolute atomic E-state index is 0.109. The SMILES string of the molecule is CC(C)(C)OC(=O)NCC1CCCC1Nc1cc(Cl)ccc1F. The smallest absolute Gasteiger partial charge is 0.407 e. The molecule has 0 heterocycles. The number of halogens is 2. The van der Waals surface area contributed by atoms with Crippen LogP contribution in [0.25, 0.3) is 0 Å². The Morgan fingerprint density at radius 2 is 2.13 bits per heavy atom. The molecule has 2 N–H and O–H groups in total. The third-order valence-electron chi connectivity index (χ3n) is 3.84. The van der Waals surface area contributed by atoms with E-state index in [1.54, 1.807) is 6.07 Å². The van der Waals surface area contributed by atoms with Crippen LogP contribution in [-0.2, 0) is 4.74 Å². The minimum Gasteiger partial charge on any atom is -0.444 e. The largest absolute Gasteiger partial charge is 0.444 e. The van der Waals surface area contributed by atoms with Gasteiger partial charge in [0.15, 0.2) is 0 Å². The van der Waals surface area contributed by atoms with Crippen molar-refractivity contribution in [1.82, 2.24) is 5.32 Å². The zero-order chi connectivity index (χ0) is 17.0. The van der Waals surface area contributed by atoms with Crippen LogP contribution in [0.1, 0.15) is 40.0 Å². The molecule has 1 aliphatic rings. The molecule has 23 heavy (non-hydrogen) atoms. The lowest BCUT2D eigenvalue weighted by atomic mass is 10.0. The van der Waals surface area contributed by atoms with E-state index in [9.17, 15) is 9.18 Å². The number of nitrogens with one attached hydrogen (secondary N) is 2. The zero-order valence-electron chi connectivity index (χ0n) is 13.8. The van der Waals surface area contributed by atoms with Crippen molar-refractivity contribution in [3.8, 4) is 0 Å². The highest BCUT2D eigenvalue weighted by molar-refractivity contribution is 6.30. The summed E-state index contributed by atoms with van der Waals surface area (Å²) >= 11 is 5.92.